The van der Waals surface area contributed by atoms with Crippen molar-refractivity contribution in [1.29, 1.82) is 0 Å². The van der Waals surface area contributed by atoms with Crippen molar-refractivity contribution >= 4 is 21.6 Å². The largest absolute Gasteiger partial charge is 0.310 e. The Hall–Kier alpha value is -0.940. The van der Waals surface area contributed by atoms with Crippen LogP contribution in [0.25, 0.3) is 0 Å². The lowest BCUT2D eigenvalue weighted by Gasteiger charge is -2.23. The first-order chi connectivity index (χ1) is 8.66. The Morgan fingerprint density at radius 1 is 1.33 bits per heavy atom. The third-order valence-electron chi connectivity index (χ3n) is 3.43. The summed E-state index contributed by atoms with van der Waals surface area (Å²) in [5.41, 5.74) is 1.11. The van der Waals surface area contributed by atoms with Crippen LogP contribution in [-0.4, -0.2) is 11.0 Å². The maximum absolute atomic E-state index is 10.7. The van der Waals surface area contributed by atoms with Gasteiger partial charge in [0.05, 0.1) is 4.92 Å². The topological polar surface area (TPSA) is 55.2 Å². The predicted molar refractivity (Wildman–Crippen MR) is 74.5 cm³/mol. The molecule has 1 fully saturated rings. The molecular formula is C13H17BrN2O2. The smallest absolute Gasteiger partial charge is 0.269 e. The van der Waals surface area contributed by atoms with Crippen molar-refractivity contribution in [3.05, 3.63) is 38.3 Å². The van der Waals surface area contributed by atoms with E-state index < -0.39 is 0 Å². The average Bonchev–Trinajstić information content (AvgIpc) is 2.38. The number of nitrogens with one attached hydrogen (secondary N) is 1. The zero-order valence-corrected chi connectivity index (χ0v) is 11.8. The molecule has 0 saturated heterocycles. The lowest BCUT2D eigenvalue weighted by molar-refractivity contribution is -0.384. The fourth-order valence-corrected chi connectivity index (χ4v) is 2.76. The minimum absolute atomic E-state index is 0.152. The summed E-state index contributed by atoms with van der Waals surface area (Å²) in [6.45, 7) is 0.687. The second kappa shape index (κ2) is 6.29. The fraction of sp³-hybridized carbons (Fsp3) is 0.538. The molecule has 1 aliphatic rings. The second-order valence-electron chi connectivity index (χ2n) is 4.75. The van der Waals surface area contributed by atoms with Crippen molar-refractivity contribution in [2.75, 3.05) is 0 Å². The number of hydrogen-bond donors (Lipinski definition) is 1. The van der Waals surface area contributed by atoms with Crippen LogP contribution in [0.2, 0.25) is 0 Å². The van der Waals surface area contributed by atoms with Gasteiger partial charge in [0.15, 0.2) is 0 Å². The summed E-state index contributed by atoms with van der Waals surface area (Å²) in [4.78, 5) is 10.4. The van der Waals surface area contributed by atoms with Crippen LogP contribution in [0.4, 0.5) is 5.69 Å². The van der Waals surface area contributed by atoms with E-state index in [0.29, 0.717) is 12.6 Å². The van der Waals surface area contributed by atoms with Gasteiger partial charge in [-0.05, 0) is 24.5 Å². The van der Waals surface area contributed by atoms with E-state index >= 15 is 0 Å². The maximum Gasteiger partial charge on any atom is 0.269 e. The molecule has 1 saturated carbocycles. The molecule has 0 unspecified atom stereocenters. The Balaban J connectivity index is 1.99. The minimum atomic E-state index is -0.351. The number of benzene rings is 1. The number of halogens is 1. The van der Waals surface area contributed by atoms with Crippen LogP contribution in [0.15, 0.2) is 22.7 Å². The highest BCUT2D eigenvalue weighted by atomic mass is 79.9. The van der Waals surface area contributed by atoms with Gasteiger partial charge in [-0.2, -0.15) is 0 Å². The molecule has 0 spiro atoms. The van der Waals surface area contributed by atoms with Crippen LogP contribution in [0, 0.1) is 10.1 Å². The number of nitro groups is 1. The third-order valence-corrected chi connectivity index (χ3v) is 4.20. The highest BCUT2D eigenvalue weighted by Gasteiger charge is 2.14. The summed E-state index contributed by atoms with van der Waals surface area (Å²) < 4.78 is 0.927. The number of nitro benzene ring substituents is 1. The maximum atomic E-state index is 10.7. The molecule has 0 atom stereocenters. The van der Waals surface area contributed by atoms with Gasteiger partial charge in [-0.1, -0.05) is 35.2 Å². The van der Waals surface area contributed by atoms with Crippen LogP contribution in [-0.2, 0) is 6.54 Å². The van der Waals surface area contributed by atoms with Crippen molar-refractivity contribution < 1.29 is 4.92 Å². The molecule has 1 aromatic rings. The molecule has 4 nitrogen and oxygen atoms in total. The molecule has 2 rings (SSSR count). The monoisotopic (exact) mass is 312 g/mol. The van der Waals surface area contributed by atoms with Gasteiger partial charge >= 0.3 is 0 Å². The fourth-order valence-electron chi connectivity index (χ4n) is 2.37. The third kappa shape index (κ3) is 3.53. The number of rotatable bonds is 4. The zero-order chi connectivity index (χ0) is 13.0. The van der Waals surface area contributed by atoms with Crippen molar-refractivity contribution in [2.24, 2.45) is 0 Å². The standard InChI is InChI=1S/C13H17BrN2O2/c14-13-7-6-12(16(17)18)8-10(13)9-15-11-4-2-1-3-5-11/h6-8,11,15H,1-5,9H2. The van der Waals surface area contributed by atoms with E-state index in [0.717, 1.165) is 10.0 Å². The molecule has 0 amide bonds. The van der Waals surface area contributed by atoms with Gasteiger partial charge in [-0.15, -0.1) is 0 Å². The predicted octanol–water partition coefficient (Wildman–Crippen LogP) is 3.78. The highest BCUT2D eigenvalue weighted by Crippen LogP contribution is 2.23. The molecule has 0 aromatic heterocycles. The summed E-state index contributed by atoms with van der Waals surface area (Å²) in [6.07, 6.45) is 6.33. The summed E-state index contributed by atoms with van der Waals surface area (Å²) in [6, 6.07) is 5.47. The van der Waals surface area contributed by atoms with Crippen molar-refractivity contribution in [3.63, 3.8) is 0 Å². The van der Waals surface area contributed by atoms with Crippen molar-refractivity contribution in [2.45, 2.75) is 44.7 Å². The summed E-state index contributed by atoms with van der Waals surface area (Å²) in [5, 5.41) is 14.2. The Morgan fingerprint density at radius 2 is 2.06 bits per heavy atom. The molecule has 1 aromatic carbocycles. The Kier molecular flexibility index (Phi) is 4.72. The minimum Gasteiger partial charge on any atom is -0.310 e. The Morgan fingerprint density at radius 3 is 2.72 bits per heavy atom. The zero-order valence-electron chi connectivity index (χ0n) is 10.2. The summed E-state index contributed by atoms with van der Waals surface area (Å²) in [5.74, 6) is 0. The average molecular weight is 313 g/mol. The SMILES string of the molecule is O=[N+]([O-])c1ccc(Br)c(CNC2CCCCC2)c1. The van der Waals surface area contributed by atoms with E-state index in [2.05, 4.69) is 21.2 Å². The van der Waals surface area contributed by atoms with E-state index in [1.807, 2.05) is 0 Å². The van der Waals surface area contributed by atoms with E-state index in [1.54, 1.807) is 12.1 Å². The molecule has 18 heavy (non-hydrogen) atoms. The molecule has 98 valence electrons. The molecule has 0 heterocycles. The second-order valence-corrected chi connectivity index (χ2v) is 5.60. The van der Waals surface area contributed by atoms with Crippen molar-refractivity contribution in [1.82, 2.24) is 5.32 Å². The van der Waals surface area contributed by atoms with Crippen LogP contribution >= 0.6 is 15.9 Å². The van der Waals surface area contributed by atoms with Gasteiger partial charge in [0.2, 0.25) is 0 Å². The number of hydrogen-bond acceptors (Lipinski definition) is 3. The van der Waals surface area contributed by atoms with Crippen LogP contribution in [0.3, 0.4) is 0 Å². The van der Waals surface area contributed by atoms with Gasteiger partial charge in [-0.3, -0.25) is 10.1 Å². The first kappa shape index (κ1) is 13.5. The Labute approximate surface area is 115 Å². The van der Waals surface area contributed by atoms with Gasteiger partial charge in [-0.25, -0.2) is 0 Å². The summed E-state index contributed by atoms with van der Waals surface area (Å²) >= 11 is 3.44. The first-order valence-electron chi connectivity index (χ1n) is 6.33. The van der Waals surface area contributed by atoms with Gasteiger partial charge in [0.1, 0.15) is 0 Å². The molecule has 0 aliphatic heterocycles. The van der Waals surface area contributed by atoms with Crippen LogP contribution in [0.1, 0.15) is 37.7 Å². The van der Waals surface area contributed by atoms with Crippen molar-refractivity contribution in [3.8, 4) is 0 Å². The molecular weight excluding hydrogens is 296 g/mol. The number of non-ortho nitro benzene ring substituents is 1. The highest BCUT2D eigenvalue weighted by molar-refractivity contribution is 9.10. The van der Waals surface area contributed by atoms with Gasteiger partial charge in [0.25, 0.3) is 5.69 Å². The molecule has 1 N–H and O–H groups in total. The first-order valence-corrected chi connectivity index (χ1v) is 7.12. The number of nitrogens with zero attached hydrogens (tertiary/aromatic N) is 1. The van der Waals surface area contributed by atoms with Crippen LogP contribution < -0.4 is 5.32 Å². The van der Waals surface area contributed by atoms with E-state index in [4.69, 9.17) is 0 Å². The van der Waals surface area contributed by atoms with Gasteiger partial charge in [0, 0.05) is 29.2 Å². The quantitative estimate of drug-likeness (QED) is 0.680. The van der Waals surface area contributed by atoms with E-state index in [9.17, 15) is 10.1 Å². The lowest BCUT2D eigenvalue weighted by Crippen LogP contribution is -2.30. The molecule has 0 radical (unpaired) electrons. The Bertz CT molecular complexity index is 431. The molecule has 1 aliphatic carbocycles. The van der Waals surface area contributed by atoms with E-state index in [-0.39, 0.29) is 10.6 Å². The lowest BCUT2D eigenvalue weighted by atomic mass is 9.95. The van der Waals surface area contributed by atoms with E-state index in [1.165, 1.54) is 38.2 Å². The molecule has 5 heteroatoms. The summed E-state index contributed by atoms with van der Waals surface area (Å²) in [7, 11) is 0. The van der Waals surface area contributed by atoms with Gasteiger partial charge < -0.3 is 5.32 Å². The normalized spacial score (nSPS) is 16.7. The van der Waals surface area contributed by atoms with Crippen LogP contribution in [0.5, 0.6) is 0 Å². The molecule has 0 bridgehead atoms.